The Bertz CT molecular complexity index is 1560. The highest BCUT2D eigenvalue weighted by atomic mass is 35.5. The van der Waals surface area contributed by atoms with Gasteiger partial charge >= 0.3 is 12.1 Å². The van der Waals surface area contributed by atoms with Crippen molar-refractivity contribution in [2.45, 2.75) is 19.1 Å². The van der Waals surface area contributed by atoms with Crippen LogP contribution < -0.4 is 24.4 Å². The lowest BCUT2D eigenvalue weighted by Crippen LogP contribution is -2.41. The summed E-state index contributed by atoms with van der Waals surface area (Å²) in [7, 11) is 2.92. The summed E-state index contributed by atoms with van der Waals surface area (Å²) in [6.45, 7) is 1.31. The molecule has 1 atom stereocenters. The molecule has 37 heavy (non-hydrogen) atoms. The number of halogens is 4. The molecule has 1 aromatic heterocycles. The Labute approximate surface area is 217 Å². The Balaban J connectivity index is 2.06. The van der Waals surface area contributed by atoms with E-state index in [2.05, 4.69) is 4.99 Å². The predicted molar refractivity (Wildman–Crippen MR) is 132 cm³/mol. The maximum atomic E-state index is 14.2. The second-order valence-corrected chi connectivity index (χ2v) is 9.17. The Hall–Kier alpha value is -3.57. The van der Waals surface area contributed by atoms with Gasteiger partial charge in [0.25, 0.3) is 5.56 Å². The lowest BCUT2D eigenvalue weighted by atomic mass is 9.95. The first-order valence-electron chi connectivity index (χ1n) is 10.9. The van der Waals surface area contributed by atoms with E-state index in [1.54, 1.807) is 18.2 Å². The number of rotatable bonds is 6. The van der Waals surface area contributed by atoms with Crippen LogP contribution >= 0.6 is 22.9 Å². The van der Waals surface area contributed by atoms with Gasteiger partial charge in [0, 0.05) is 10.6 Å². The molecule has 0 fully saturated rings. The molecule has 0 spiro atoms. The summed E-state index contributed by atoms with van der Waals surface area (Å²) >= 11 is 6.74. The molecule has 2 aromatic carbocycles. The monoisotopic (exact) mass is 552 g/mol. The number of thiazole rings is 1. The number of allylic oxidation sites excluding steroid dienone is 1. The number of hydrogen-bond acceptors (Lipinski definition) is 7. The summed E-state index contributed by atoms with van der Waals surface area (Å²) in [6, 6.07) is 9.31. The largest absolute Gasteiger partial charge is 0.497 e. The molecule has 0 saturated heterocycles. The van der Waals surface area contributed by atoms with Crippen LogP contribution in [0.25, 0.3) is 6.08 Å². The average Bonchev–Trinajstić information content (AvgIpc) is 3.17. The van der Waals surface area contributed by atoms with Gasteiger partial charge in [0.1, 0.15) is 11.5 Å². The van der Waals surface area contributed by atoms with Crippen molar-refractivity contribution in [3.8, 4) is 11.5 Å². The first kappa shape index (κ1) is 26.5. The number of nitrogens with zero attached hydrogens (tertiary/aromatic N) is 2. The van der Waals surface area contributed by atoms with Gasteiger partial charge in [0.15, 0.2) is 10.5 Å². The highest BCUT2D eigenvalue weighted by Crippen LogP contribution is 2.38. The van der Waals surface area contributed by atoms with Crippen molar-refractivity contribution < 1.29 is 32.2 Å². The van der Waals surface area contributed by atoms with Crippen LogP contribution in [0.1, 0.15) is 24.1 Å². The van der Waals surface area contributed by atoms with Crippen molar-refractivity contribution in [1.29, 1.82) is 0 Å². The zero-order valence-electron chi connectivity index (χ0n) is 19.8. The van der Waals surface area contributed by atoms with Crippen LogP contribution in [0.15, 0.2) is 63.5 Å². The summed E-state index contributed by atoms with van der Waals surface area (Å²) < 4.78 is 59.2. The summed E-state index contributed by atoms with van der Waals surface area (Å²) in [4.78, 5) is 30.0. The fraction of sp³-hybridized carbons (Fsp3) is 0.240. The molecule has 7 nitrogen and oxygen atoms in total. The molecule has 0 amide bonds. The molecule has 4 rings (SSSR count). The number of aromatic nitrogens is 1. The minimum atomic E-state index is -4.99. The smallest absolute Gasteiger partial charge is 0.434 e. The van der Waals surface area contributed by atoms with Gasteiger partial charge in [-0.15, -0.1) is 0 Å². The SMILES string of the molecule is CCOC(=O)C1=C(C(F)(F)F)N=c2s/c(=C\c3cc(OC)ccc3OC)c(=O)n2[C@H]1c1ccc(Cl)cc1. The molecule has 2 heterocycles. The highest BCUT2D eigenvalue weighted by molar-refractivity contribution is 7.07. The third kappa shape index (κ3) is 5.14. The third-order valence-corrected chi connectivity index (χ3v) is 6.74. The third-order valence-electron chi connectivity index (χ3n) is 5.50. The van der Waals surface area contributed by atoms with Crippen molar-refractivity contribution in [2.24, 2.45) is 4.99 Å². The van der Waals surface area contributed by atoms with Gasteiger partial charge in [-0.1, -0.05) is 35.1 Å². The zero-order chi connectivity index (χ0) is 26.9. The topological polar surface area (TPSA) is 79.1 Å². The van der Waals surface area contributed by atoms with E-state index in [-0.39, 0.29) is 21.5 Å². The molecule has 0 N–H and O–H groups in total. The van der Waals surface area contributed by atoms with Crippen molar-refractivity contribution >= 4 is 35.0 Å². The van der Waals surface area contributed by atoms with Crippen LogP contribution in [-0.4, -0.2) is 37.5 Å². The number of esters is 1. The first-order valence-corrected chi connectivity index (χ1v) is 12.1. The number of hydrogen-bond donors (Lipinski definition) is 0. The Morgan fingerprint density at radius 2 is 1.86 bits per heavy atom. The standard InChI is InChI=1S/C25H20ClF3N2O5S/c1-4-36-23(33)19-20(13-5-7-15(26)8-6-13)31-22(32)18(37-24(31)30-21(19)25(27,28)29)12-14-11-16(34-2)9-10-17(14)35-3/h5-12,20H,4H2,1-3H3/b18-12-/t20-/m0/s1. The molecular weight excluding hydrogens is 533 g/mol. The van der Waals surface area contributed by atoms with E-state index < -0.39 is 35.0 Å². The molecule has 3 aromatic rings. The van der Waals surface area contributed by atoms with Gasteiger partial charge in [0.05, 0.1) is 37.0 Å². The summed E-state index contributed by atoms with van der Waals surface area (Å²) in [5, 5.41) is 0.332. The molecule has 0 aliphatic carbocycles. The van der Waals surface area contributed by atoms with Gasteiger partial charge < -0.3 is 14.2 Å². The van der Waals surface area contributed by atoms with E-state index in [1.165, 1.54) is 51.5 Å². The molecule has 0 unspecified atom stereocenters. The van der Waals surface area contributed by atoms with E-state index in [0.717, 1.165) is 15.9 Å². The number of carbonyl (C=O) groups is 1. The number of benzene rings is 2. The van der Waals surface area contributed by atoms with Crippen LogP contribution in [0.5, 0.6) is 11.5 Å². The van der Waals surface area contributed by atoms with Gasteiger partial charge in [-0.25, -0.2) is 9.79 Å². The van der Waals surface area contributed by atoms with Crippen molar-refractivity contribution in [2.75, 3.05) is 20.8 Å². The first-order chi connectivity index (χ1) is 17.6. The van der Waals surface area contributed by atoms with Crippen molar-refractivity contribution in [3.05, 3.63) is 89.6 Å². The number of fused-ring (bicyclic) bond motifs is 1. The van der Waals surface area contributed by atoms with Gasteiger partial charge in [-0.3, -0.25) is 9.36 Å². The fourth-order valence-corrected chi connectivity index (χ4v) is 5.01. The lowest BCUT2D eigenvalue weighted by molar-refractivity contribution is -0.140. The molecular formula is C25H20ClF3N2O5S. The maximum Gasteiger partial charge on any atom is 0.434 e. The molecule has 0 saturated carbocycles. The highest BCUT2D eigenvalue weighted by Gasteiger charge is 2.45. The quantitative estimate of drug-likeness (QED) is 0.432. The van der Waals surface area contributed by atoms with Gasteiger partial charge in [-0.05, 0) is 48.9 Å². The number of methoxy groups -OCH3 is 2. The van der Waals surface area contributed by atoms with Crippen molar-refractivity contribution in [3.63, 3.8) is 0 Å². The van der Waals surface area contributed by atoms with Gasteiger partial charge in [-0.2, -0.15) is 13.2 Å². The van der Waals surface area contributed by atoms with E-state index >= 15 is 0 Å². The van der Waals surface area contributed by atoms with Crippen LogP contribution in [0.3, 0.4) is 0 Å². The Morgan fingerprint density at radius 3 is 2.46 bits per heavy atom. The fourth-order valence-electron chi connectivity index (χ4n) is 3.89. The normalized spacial score (nSPS) is 15.8. The average molecular weight is 553 g/mol. The number of carbonyl (C=O) groups excluding carboxylic acids is 1. The van der Waals surface area contributed by atoms with Gasteiger partial charge in [0.2, 0.25) is 0 Å². The van der Waals surface area contributed by atoms with Crippen molar-refractivity contribution in [1.82, 2.24) is 4.57 Å². The summed E-state index contributed by atoms with van der Waals surface area (Å²) in [5.74, 6) is -0.311. The zero-order valence-corrected chi connectivity index (χ0v) is 21.3. The lowest BCUT2D eigenvalue weighted by Gasteiger charge is -2.26. The van der Waals surface area contributed by atoms with E-state index in [4.69, 9.17) is 25.8 Å². The number of alkyl halides is 3. The van der Waals surface area contributed by atoms with Crippen LogP contribution in [0.2, 0.25) is 5.02 Å². The molecule has 194 valence electrons. The minimum absolute atomic E-state index is 0.0795. The van der Waals surface area contributed by atoms with E-state index in [1.807, 2.05) is 0 Å². The number of ether oxygens (including phenoxy) is 3. The Kier molecular flexibility index (Phi) is 7.47. The van der Waals surface area contributed by atoms with Crippen LogP contribution in [0, 0.1) is 0 Å². The molecule has 12 heteroatoms. The maximum absolute atomic E-state index is 14.2. The molecule has 1 aliphatic rings. The molecule has 0 bridgehead atoms. The summed E-state index contributed by atoms with van der Waals surface area (Å²) in [5.41, 5.74) is -2.14. The second-order valence-electron chi connectivity index (χ2n) is 7.72. The molecule has 1 aliphatic heterocycles. The van der Waals surface area contributed by atoms with E-state index in [9.17, 15) is 22.8 Å². The second kappa shape index (κ2) is 10.4. The minimum Gasteiger partial charge on any atom is -0.497 e. The van der Waals surface area contributed by atoms with E-state index in [0.29, 0.717) is 22.1 Å². The molecule has 0 radical (unpaired) electrons. The Morgan fingerprint density at radius 1 is 1.16 bits per heavy atom. The van der Waals surface area contributed by atoms with Crippen LogP contribution in [0.4, 0.5) is 13.2 Å². The van der Waals surface area contributed by atoms with Crippen LogP contribution in [-0.2, 0) is 9.53 Å². The summed E-state index contributed by atoms with van der Waals surface area (Å²) in [6.07, 6.45) is -3.51. The predicted octanol–water partition coefficient (Wildman–Crippen LogP) is 4.01.